The molecule has 0 bridgehead atoms. The van der Waals surface area contributed by atoms with Gasteiger partial charge in [-0.15, -0.1) is 12.4 Å². The topological polar surface area (TPSA) is 3.24 Å². The van der Waals surface area contributed by atoms with E-state index < -0.39 is 0 Å². The van der Waals surface area contributed by atoms with Crippen molar-refractivity contribution in [1.82, 2.24) is 4.90 Å². The molecule has 12 heavy (non-hydrogen) atoms. The van der Waals surface area contributed by atoms with E-state index in [0.717, 1.165) is 0 Å². The summed E-state index contributed by atoms with van der Waals surface area (Å²) in [6.45, 7) is 10.6. The van der Waals surface area contributed by atoms with Gasteiger partial charge in [0.05, 0.1) is 0 Å². The second-order valence-corrected chi connectivity index (χ2v) is 2.93. The van der Waals surface area contributed by atoms with Crippen molar-refractivity contribution in [3.8, 4) is 0 Å². The minimum atomic E-state index is 0. The summed E-state index contributed by atoms with van der Waals surface area (Å²) in [6, 6.07) is 0. The Labute approximate surface area is 83.2 Å². The van der Waals surface area contributed by atoms with Gasteiger partial charge in [0.1, 0.15) is 0 Å². The summed E-state index contributed by atoms with van der Waals surface area (Å²) < 4.78 is 0. The molecule has 0 saturated heterocycles. The van der Waals surface area contributed by atoms with E-state index >= 15 is 0 Å². The fraction of sp³-hybridized carbons (Fsp3) is 0.800. The molecular weight excluding hydrogens is 170 g/mol. The van der Waals surface area contributed by atoms with Crippen molar-refractivity contribution in [2.24, 2.45) is 0 Å². The van der Waals surface area contributed by atoms with Gasteiger partial charge in [0.2, 0.25) is 0 Å². The minimum Gasteiger partial charge on any atom is -0.378 e. The van der Waals surface area contributed by atoms with Crippen LogP contribution in [0.2, 0.25) is 0 Å². The van der Waals surface area contributed by atoms with Crippen LogP contribution in [0, 0.1) is 0 Å². The molecule has 0 aromatic heterocycles. The van der Waals surface area contributed by atoms with Crippen molar-refractivity contribution in [3.63, 3.8) is 0 Å². The Balaban J connectivity index is 0. The van der Waals surface area contributed by atoms with Gasteiger partial charge < -0.3 is 4.90 Å². The zero-order valence-corrected chi connectivity index (χ0v) is 9.20. The summed E-state index contributed by atoms with van der Waals surface area (Å²) in [7, 11) is 0. The van der Waals surface area contributed by atoms with E-state index in [9.17, 15) is 0 Å². The van der Waals surface area contributed by atoms with Crippen LogP contribution >= 0.6 is 12.4 Å². The average molecular weight is 192 g/mol. The molecule has 0 fully saturated rings. The lowest BCUT2D eigenvalue weighted by Gasteiger charge is -2.18. The fourth-order valence-corrected chi connectivity index (χ4v) is 1.02. The largest absolute Gasteiger partial charge is 0.378 e. The molecule has 0 heterocycles. The van der Waals surface area contributed by atoms with Crippen molar-refractivity contribution in [2.45, 2.75) is 39.5 Å². The van der Waals surface area contributed by atoms with Crippen LogP contribution < -0.4 is 0 Å². The fourth-order valence-electron chi connectivity index (χ4n) is 1.02. The Kier molecular flexibility index (Phi) is 13.0. The van der Waals surface area contributed by atoms with E-state index in [1.807, 2.05) is 6.20 Å². The molecular formula is C10H22ClN. The highest BCUT2D eigenvalue weighted by atomic mass is 35.5. The monoisotopic (exact) mass is 191 g/mol. The van der Waals surface area contributed by atoms with Gasteiger partial charge in [0, 0.05) is 13.1 Å². The molecule has 0 spiro atoms. The molecule has 74 valence electrons. The minimum absolute atomic E-state index is 0. The lowest BCUT2D eigenvalue weighted by Crippen LogP contribution is -2.19. The molecule has 0 saturated carbocycles. The number of hydrogen-bond acceptors (Lipinski definition) is 1. The van der Waals surface area contributed by atoms with Gasteiger partial charge in [-0.2, -0.15) is 0 Å². The summed E-state index contributed by atoms with van der Waals surface area (Å²) in [5, 5.41) is 0. The summed E-state index contributed by atoms with van der Waals surface area (Å²) in [6.07, 6.45) is 7.09. The molecule has 0 aliphatic rings. The standard InChI is InChI=1S/C10H21N.ClH/c1-4-7-9-11(6-3)10-8-5-2;/h6H,3-5,7-10H2,1-2H3;1H. The summed E-state index contributed by atoms with van der Waals surface area (Å²) >= 11 is 0. The first-order chi connectivity index (χ1) is 5.35. The maximum absolute atomic E-state index is 3.79. The molecule has 1 nitrogen and oxygen atoms in total. The smallest absolute Gasteiger partial charge is 0.0172 e. The van der Waals surface area contributed by atoms with E-state index in [1.54, 1.807) is 0 Å². The van der Waals surface area contributed by atoms with Crippen LogP contribution in [0.25, 0.3) is 0 Å². The molecule has 0 aliphatic heterocycles. The van der Waals surface area contributed by atoms with Crippen LogP contribution in [0.3, 0.4) is 0 Å². The van der Waals surface area contributed by atoms with Crippen LogP contribution in [0.5, 0.6) is 0 Å². The van der Waals surface area contributed by atoms with Crippen LogP contribution in [-0.2, 0) is 0 Å². The molecule has 0 aromatic rings. The second-order valence-electron chi connectivity index (χ2n) is 2.93. The van der Waals surface area contributed by atoms with Crippen molar-refractivity contribution < 1.29 is 0 Å². The highest BCUT2D eigenvalue weighted by Crippen LogP contribution is 1.98. The van der Waals surface area contributed by atoms with Crippen LogP contribution in [0.15, 0.2) is 12.8 Å². The Bertz CT molecular complexity index is 85.8. The quantitative estimate of drug-likeness (QED) is 0.596. The van der Waals surface area contributed by atoms with Crippen molar-refractivity contribution in [1.29, 1.82) is 0 Å². The van der Waals surface area contributed by atoms with Crippen LogP contribution in [-0.4, -0.2) is 18.0 Å². The van der Waals surface area contributed by atoms with Gasteiger partial charge in [-0.3, -0.25) is 0 Å². The lowest BCUT2D eigenvalue weighted by atomic mass is 10.3. The highest BCUT2D eigenvalue weighted by Gasteiger charge is 1.95. The molecule has 0 unspecified atom stereocenters. The maximum atomic E-state index is 3.79. The highest BCUT2D eigenvalue weighted by molar-refractivity contribution is 5.85. The molecule has 0 radical (unpaired) electrons. The zero-order valence-electron chi connectivity index (χ0n) is 8.38. The Morgan fingerprint density at radius 3 is 1.75 bits per heavy atom. The maximum Gasteiger partial charge on any atom is 0.0172 e. The van der Waals surface area contributed by atoms with Gasteiger partial charge in [-0.05, 0) is 19.0 Å². The van der Waals surface area contributed by atoms with Crippen molar-refractivity contribution in [3.05, 3.63) is 12.8 Å². The number of halogens is 1. The Hall–Kier alpha value is -0.170. The molecule has 0 N–H and O–H groups in total. The molecule has 0 atom stereocenters. The van der Waals surface area contributed by atoms with Crippen molar-refractivity contribution in [2.75, 3.05) is 13.1 Å². The van der Waals surface area contributed by atoms with E-state index in [2.05, 4.69) is 25.3 Å². The number of rotatable bonds is 7. The van der Waals surface area contributed by atoms with Gasteiger partial charge in [-0.25, -0.2) is 0 Å². The van der Waals surface area contributed by atoms with E-state index in [-0.39, 0.29) is 12.4 Å². The van der Waals surface area contributed by atoms with Gasteiger partial charge in [-0.1, -0.05) is 33.3 Å². The third-order valence-corrected chi connectivity index (χ3v) is 1.86. The average Bonchev–Trinajstić information content (AvgIpc) is 2.05. The Morgan fingerprint density at radius 1 is 1.08 bits per heavy atom. The van der Waals surface area contributed by atoms with Gasteiger partial charge in [0.15, 0.2) is 0 Å². The first kappa shape index (κ1) is 14.4. The second kappa shape index (κ2) is 10.8. The van der Waals surface area contributed by atoms with E-state index in [4.69, 9.17) is 0 Å². The summed E-state index contributed by atoms with van der Waals surface area (Å²) in [5.41, 5.74) is 0. The predicted octanol–water partition coefficient (Wildman–Crippen LogP) is 3.45. The molecule has 0 aromatic carbocycles. The SMILES string of the molecule is C=CN(CCCC)CCCC.Cl. The first-order valence-electron chi connectivity index (χ1n) is 4.71. The Morgan fingerprint density at radius 2 is 1.50 bits per heavy atom. The number of nitrogens with zero attached hydrogens (tertiary/aromatic N) is 1. The third kappa shape index (κ3) is 7.93. The zero-order chi connectivity index (χ0) is 8.53. The summed E-state index contributed by atoms with van der Waals surface area (Å²) in [4.78, 5) is 2.31. The normalized spacial score (nSPS) is 8.83. The van der Waals surface area contributed by atoms with E-state index in [1.165, 1.54) is 38.8 Å². The summed E-state index contributed by atoms with van der Waals surface area (Å²) in [5.74, 6) is 0. The van der Waals surface area contributed by atoms with Crippen molar-refractivity contribution >= 4 is 12.4 Å². The lowest BCUT2D eigenvalue weighted by molar-refractivity contribution is 0.361. The number of hydrogen-bond donors (Lipinski definition) is 0. The first-order valence-corrected chi connectivity index (χ1v) is 4.71. The molecule has 0 rings (SSSR count). The van der Waals surface area contributed by atoms with Crippen LogP contribution in [0.4, 0.5) is 0 Å². The van der Waals surface area contributed by atoms with E-state index in [0.29, 0.717) is 0 Å². The predicted molar refractivity (Wildman–Crippen MR) is 58.8 cm³/mol. The molecule has 0 aliphatic carbocycles. The van der Waals surface area contributed by atoms with Crippen LogP contribution in [0.1, 0.15) is 39.5 Å². The molecule has 0 amide bonds. The van der Waals surface area contributed by atoms with Gasteiger partial charge in [0.25, 0.3) is 0 Å². The number of unbranched alkanes of at least 4 members (excludes halogenated alkanes) is 2. The van der Waals surface area contributed by atoms with Gasteiger partial charge >= 0.3 is 0 Å². The molecule has 2 heteroatoms. The third-order valence-electron chi connectivity index (χ3n) is 1.86.